The fourth-order valence-corrected chi connectivity index (χ4v) is 3.50. The minimum atomic E-state index is -0.206. The molecule has 1 heterocycles. The van der Waals surface area contributed by atoms with Crippen molar-refractivity contribution in [2.75, 3.05) is 40.3 Å². The number of nitrogens with zero attached hydrogens (tertiary/aromatic N) is 3. The van der Waals surface area contributed by atoms with Gasteiger partial charge in [0.25, 0.3) is 0 Å². The first-order chi connectivity index (χ1) is 12.9. The van der Waals surface area contributed by atoms with E-state index in [1.165, 1.54) is 12.1 Å². The number of rotatable bonds is 7. The number of hydrogen-bond acceptors (Lipinski definition) is 3. The molecule has 1 fully saturated rings. The number of piperidine rings is 1. The molecule has 0 bridgehead atoms. The lowest BCUT2D eigenvalue weighted by atomic mass is 10.0. The van der Waals surface area contributed by atoms with Crippen LogP contribution in [0.1, 0.15) is 45.2 Å². The molecule has 152 valence electrons. The first-order valence-electron chi connectivity index (χ1n) is 10.1. The van der Waals surface area contributed by atoms with E-state index in [-0.39, 0.29) is 11.9 Å². The molecule has 2 rings (SSSR count). The van der Waals surface area contributed by atoms with Gasteiger partial charge in [0.05, 0.1) is 12.6 Å². The average molecular weight is 378 g/mol. The van der Waals surface area contributed by atoms with Crippen LogP contribution in [-0.4, -0.2) is 68.1 Å². The summed E-state index contributed by atoms with van der Waals surface area (Å²) in [5.74, 6) is 0.664. The van der Waals surface area contributed by atoms with Crippen LogP contribution in [0.5, 0.6) is 0 Å². The highest BCUT2D eigenvalue weighted by Gasteiger charge is 2.21. The van der Waals surface area contributed by atoms with Crippen LogP contribution in [0.2, 0.25) is 0 Å². The van der Waals surface area contributed by atoms with Crippen LogP contribution in [0.15, 0.2) is 29.3 Å². The summed E-state index contributed by atoms with van der Waals surface area (Å²) >= 11 is 0. The van der Waals surface area contributed by atoms with Gasteiger partial charge in [-0.3, -0.25) is 4.99 Å². The van der Waals surface area contributed by atoms with Crippen LogP contribution in [0.25, 0.3) is 0 Å². The van der Waals surface area contributed by atoms with Crippen molar-refractivity contribution in [3.05, 3.63) is 35.6 Å². The first-order valence-corrected chi connectivity index (χ1v) is 10.1. The third-order valence-corrected chi connectivity index (χ3v) is 5.25. The lowest BCUT2D eigenvalue weighted by Crippen LogP contribution is -2.50. The van der Waals surface area contributed by atoms with E-state index in [2.05, 4.69) is 41.2 Å². The zero-order valence-corrected chi connectivity index (χ0v) is 17.5. The zero-order chi connectivity index (χ0) is 19.8. The molecule has 1 atom stereocenters. The highest BCUT2D eigenvalue weighted by atomic mass is 19.1. The van der Waals surface area contributed by atoms with Crippen molar-refractivity contribution in [1.82, 2.24) is 20.4 Å². The Morgan fingerprint density at radius 1 is 1.22 bits per heavy atom. The van der Waals surface area contributed by atoms with Crippen LogP contribution >= 0.6 is 0 Å². The lowest BCUT2D eigenvalue weighted by Gasteiger charge is -2.35. The molecule has 27 heavy (non-hydrogen) atoms. The van der Waals surface area contributed by atoms with Crippen molar-refractivity contribution in [3.63, 3.8) is 0 Å². The topological polar surface area (TPSA) is 42.9 Å². The molecule has 2 N–H and O–H groups in total. The zero-order valence-electron chi connectivity index (χ0n) is 17.5. The minimum Gasteiger partial charge on any atom is -0.357 e. The Hall–Kier alpha value is -1.66. The van der Waals surface area contributed by atoms with Crippen molar-refractivity contribution >= 4 is 5.96 Å². The van der Waals surface area contributed by atoms with Crippen molar-refractivity contribution in [2.45, 2.75) is 51.7 Å². The molecule has 0 amide bonds. The van der Waals surface area contributed by atoms with Gasteiger partial charge >= 0.3 is 0 Å². The van der Waals surface area contributed by atoms with E-state index < -0.39 is 0 Å². The van der Waals surface area contributed by atoms with E-state index >= 15 is 0 Å². The molecule has 1 saturated heterocycles. The predicted octanol–water partition coefficient (Wildman–Crippen LogP) is 2.86. The quantitative estimate of drug-likeness (QED) is 0.566. The summed E-state index contributed by atoms with van der Waals surface area (Å²) in [6.07, 6.45) is 2.27. The van der Waals surface area contributed by atoms with E-state index in [9.17, 15) is 4.39 Å². The molecule has 0 radical (unpaired) electrons. The molecule has 1 unspecified atom stereocenters. The lowest BCUT2D eigenvalue weighted by molar-refractivity contribution is 0.167. The second-order valence-corrected chi connectivity index (χ2v) is 7.80. The standard InChI is InChI=1S/C21H36FN5/c1-6-23-21(25-19-11-13-27(14-12-19)16(2)3)24-15-20(26(4)5)17-7-9-18(22)10-8-17/h7-10,16,19-20H,6,11-15H2,1-5H3,(H2,23,24,25). The monoisotopic (exact) mass is 377 g/mol. The molecule has 0 aliphatic carbocycles. The Kier molecular flexibility index (Phi) is 8.51. The highest BCUT2D eigenvalue weighted by molar-refractivity contribution is 5.80. The Bertz CT molecular complexity index is 577. The molecular weight excluding hydrogens is 341 g/mol. The second-order valence-electron chi connectivity index (χ2n) is 7.80. The van der Waals surface area contributed by atoms with Crippen molar-refractivity contribution in [1.29, 1.82) is 0 Å². The van der Waals surface area contributed by atoms with Gasteiger partial charge in [-0.2, -0.15) is 0 Å². The number of likely N-dealkylation sites (N-methyl/N-ethyl adjacent to an activating group) is 1. The van der Waals surface area contributed by atoms with Gasteiger partial charge in [0.2, 0.25) is 0 Å². The summed E-state index contributed by atoms with van der Waals surface area (Å²) < 4.78 is 13.2. The Balaban J connectivity index is 1.99. The third kappa shape index (κ3) is 6.78. The SMILES string of the molecule is CCNC(=NCC(c1ccc(F)cc1)N(C)C)NC1CCN(C(C)C)CC1. The summed E-state index contributed by atoms with van der Waals surface area (Å²) in [5.41, 5.74) is 1.08. The predicted molar refractivity (Wildman–Crippen MR) is 112 cm³/mol. The van der Waals surface area contributed by atoms with Crippen LogP contribution in [-0.2, 0) is 0 Å². The number of nitrogens with one attached hydrogen (secondary N) is 2. The Morgan fingerprint density at radius 2 is 1.85 bits per heavy atom. The normalized spacial score (nSPS) is 18.1. The van der Waals surface area contributed by atoms with Gasteiger partial charge in [-0.25, -0.2) is 4.39 Å². The molecule has 5 nitrogen and oxygen atoms in total. The van der Waals surface area contributed by atoms with Gasteiger partial charge in [-0.15, -0.1) is 0 Å². The summed E-state index contributed by atoms with van der Waals surface area (Å²) in [7, 11) is 4.07. The van der Waals surface area contributed by atoms with Gasteiger partial charge < -0.3 is 20.4 Å². The van der Waals surface area contributed by atoms with Crippen molar-refractivity contribution in [2.24, 2.45) is 4.99 Å². The Morgan fingerprint density at radius 3 is 2.37 bits per heavy atom. The van der Waals surface area contributed by atoms with Gasteiger partial charge in [0.15, 0.2) is 5.96 Å². The van der Waals surface area contributed by atoms with Crippen molar-refractivity contribution < 1.29 is 4.39 Å². The minimum absolute atomic E-state index is 0.115. The number of halogens is 1. The molecule has 1 aromatic rings. The molecule has 1 aromatic carbocycles. The number of aliphatic imine (C=N–C) groups is 1. The van der Waals surface area contributed by atoms with Gasteiger partial charge in [-0.1, -0.05) is 12.1 Å². The van der Waals surface area contributed by atoms with Gasteiger partial charge in [-0.05, 0) is 65.4 Å². The Labute approximate surface area is 164 Å². The van der Waals surface area contributed by atoms with Gasteiger partial charge in [0, 0.05) is 31.7 Å². The fourth-order valence-electron chi connectivity index (χ4n) is 3.50. The molecule has 6 heteroatoms. The summed E-state index contributed by atoms with van der Waals surface area (Å²) in [6.45, 7) is 10.3. The average Bonchev–Trinajstić information content (AvgIpc) is 2.63. The maximum Gasteiger partial charge on any atom is 0.191 e. The van der Waals surface area contributed by atoms with E-state index in [4.69, 9.17) is 4.99 Å². The maximum absolute atomic E-state index is 13.2. The van der Waals surface area contributed by atoms with E-state index in [1.807, 2.05) is 26.2 Å². The highest BCUT2D eigenvalue weighted by Crippen LogP contribution is 2.19. The van der Waals surface area contributed by atoms with E-state index in [0.29, 0.717) is 18.6 Å². The summed E-state index contributed by atoms with van der Waals surface area (Å²) in [4.78, 5) is 9.48. The van der Waals surface area contributed by atoms with Crippen molar-refractivity contribution in [3.8, 4) is 0 Å². The third-order valence-electron chi connectivity index (χ3n) is 5.25. The fraction of sp³-hybridized carbons (Fsp3) is 0.667. The molecule has 1 aliphatic heterocycles. The summed E-state index contributed by atoms with van der Waals surface area (Å²) in [6, 6.07) is 7.91. The number of hydrogen-bond donors (Lipinski definition) is 2. The van der Waals surface area contributed by atoms with Gasteiger partial charge in [0.1, 0.15) is 5.82 Å². The van der Waals surface area contributed by atoms with E-state index in [1.54, 1.807) is 0 Å². The number of guanidine groups is 1. The molecule has 1 aliphatic rings. The van der Waals surface area contributed by atoms with Crippen LogP contribution in [0.3, 0.4) is 0 Å². The largest absolute Gasteiger partial charge is 0.357 e. The molecule has 0 spiro atoms. The van der Waals surface area contributed by atoms with Crippen LogP contribution in [0, 0.1) is 5.82 Å². The smallest absolute Gasteiger partial charge is 0.191 e. The number of likely N-dealkylation sites (tertiary alicyclic amines) is 1. The van der Waals surface area contributed by atoms with E-state index in [0.717, 1.165) is 44.0 Å². The van der Waals surface area contributed by atoms with Crippen LogP contribution < -0.4 is 10.6 Å². The molecule has 0 saturated carbocycles. The molecule has 0 aromatic heterocycles. The summed E-state index contributed by atoms with van der Waals surface area (Å²) in [5, 5.41) is 6.97. The second kappa shape index (κ2) is 10.6. The molecular formula is C21H36FN5. The maximum atomic E-state index is 13.2. The number of benzene rings is 1. The van der Waals surface area contributed by atoms with Crippen LogP contribution in [0.4, 0.5) is 4.39 Å². The first kappa shape index (κ1) is 21.6.